The summed E-state index contributed by atoms with van der Waals surface area (Å²) in [5.74, 6) is 2.06. The van der Waals surface area contributed by atoms with Gasteiger partial charge in [0.05, 0.1) is 0 Å². The van der Waals surface area contributed by atoms with E-state index >= 15 is 0 Å². The first-order valence-electron chi connectivity index (χ1n) is 9.57. The molecule has 2 N–H and O–H groups in total. The zero-order valence-electron chi connectivity index (χ0n) is 15.8. The van der Waals surface area contributed by atoms with Crippen molar-refractivity contribution >= 4 is 17.3 Å². The SMILES string of the molecule is CNc1cc(-c2nc(C3CCN(C(=O)C4CC4)CC3)no2)ccc1C(C)=N. The van der Waals surface area contributed by atoms with Crippen LogP contribution in [-0.2, 0) is 4.79 Å². The fraction of sp³-hybridized carbons (Fsp3) is 0.500. The number of rotatable bonds is 5. The van der Waals surface area contributed by atoms with Crippen molar-refractivity contribution in [3.63, 3.8) is 0 Å². The van der Waals surface area contributed by atoms with Crippen LogP contribution in [0.3, 0.4) is 0 Å². The molecule has 142 valence electrons. The van der Waals surface area contributed by atoms with Gasteiger partial charge in [-0.1, -0.05) is 11.2 Å². The van der Waals surface area contributed by atoms with Crippen LogP contribution < -0.4 is 5.32 Å². The van der Waals surface area contributed by atoms with Crippen LogP contribution in [0.25, 0.3) is 11.5 Å². The lowest BCUT2D eigenvalue weighted by Crippen LogP contribution is -2.38. The molecule has 1 aliphatic carbocycles. The van der Waals surface area contributed by atoms with E-state index in [0.29, 0.717) is 17.5 Å². The summed E-state index contributed by atoms with van der Waals surface area (Å²) in [5, 5.41) is 15.2. The number of hydrogen-bond donors (Lipinski definition) is 2. The summed E-state index contributed by atoms with van der Waals surface area (Å²) in [5.41, 5.74) is 3.06. The zero-order chi connectivity index (χ0) is 19.0. The zero-order valence-corrected chi connectivity index (χ0v) is 15.8. The lowest BCUT2D eigenvalue weighted by Gasteiger charge is -2.30. The van der Waals surface area contributed by atoms with Gasteiger partial charge >= 0.3 is 0 Å². The van der Waals surface area contributed by atoms with Gasteiger partial charge in [-0.25, -0.2) is 0 Å². The van der Waals surface area contributed by atoms with Gasteiger partial charge < -0.3 is 20.1 Å². The Morgan fingerprint density at radius 1 is 1.26 bits per heavy atom. The van der Waals surface area contributed by atoms with Crippen molar-refractivity contribution < 1.29 is 9.32 Å². The second-order valence-electron chi connectivity index (χ2n) is 7.47. The number of benzene rings is 1. The molecule has 7 heteroatoms. The van der Waals surface area contributed by atoms with E-state index in [0.717, 1.165) is 61.4 Å². The number of nitrogens with zero attached hydrogens (tertiary/aromatic N) is 3. The average Bonchev–Trinajstić information content (AvgIpc) is 3.43. The number of hydrogen-bond acceptors (Lipinski definition) is 6. The summed E-state index contributed by atoms with van der Waals surface area (Å²) in [7, 11) is 1.83. The van der Waals surface area contributed by atoms with Gasteiger partial charge in [-0.15, -0.1) is 0 Å². The first-order valence-corrected chi connectivity index (χ1v) is 9.57. The van der Waals surface area contributed by atoms with Gasteiger partial charge in [-0.2, -0.15) is 4.98 Å². The predicted octanol–water partition coefficient (Wildman–Crippen LogP) is 3.28. The molecule has 1 aromatic carbocycles. The number of amides is 1. The van der Waals surface area contributed by atoms with Crippen molar-refractivity contribution in [2.24, 2.45) is 5.92 Å². The fourth-order valence-corrected chi connectivity index (χ4v) is 3.68. The van der Waals surface area contributed by atoms with Crippen LogP contribution in [-0.4, -0.2) is 46.8 Å². The van der Waals surface area contributed by atoms with Gasteiger partial charge in [0.1, 0.15) is 0 Å². The molecule has 0 spiro atoms. The Hall–Kier alpha value is -2.70. The van der Waals surface area contributed by atoms with E-state index in [9.17, 15) is 4.79 Å². The van der Waals surface area contributed by atoms with Crippen LogP contribution in [0.2, 0.25) is 0 Å². The van der Waals surface area contributed by atoms with Crippen LogP contribution in [0.4, 0.5) is 5.69 Å². The Labute approximate surface area is 158 Å². The number of carbonyl (C=O) groups excluding carboxylic acids is 1. The molecule has 1 saturated heterocycles. The third kappa shape index (κ3) is 3.59. The van der Waals surface area contributed by atoms with Crippen LogP contribution in [0, 0.1) is 11.3 Å². The van der Waals surface area contributed by atoms with Gasteiger partial charge in [-0.3, -0.25) is 4.79 Å². The second kappa shape index (κ2) is 7.13. The summed E-state index contributed by atoms with van der Waals surface area (Å²) < 4.78 is 5.50. The number of anilines is 1. The normalized spacial score (nSPS) is 17.8. The molecular weight excluding hydrogens is 342 g/mol. The Morgan fingerprint density at radius 2 is 2.00 bits per heavy atom. The molecule has 2 heterocycles. The van der Waals surface area contributed by atoms with Crippen molar-refractivity contribution in [2.45, 2.75) is 38.5 Å². The van der Waals surface area contributed by atoms with Crippen molar-refractivity contribution in [3.05, 3.63) is 29.6 Å². The largest absolute Gasteiger partial charge is 0.388 e. The highest BCUT2D eigenvalue weighted by Crippen LogP contribution is 2.34. The Morgan fingerprint density at radius 3 is 2.63 bits per heavy atom. The lowest BCUT2D eigenvalue weighted by molar-refractivity contribution is -0.133. The van der Waals surface area contributed by atoms with E-state index in [-0.39, 0.29) is 11.8 Å². The number of nitrogens with one attached hydrogen (secondary N) is 2. The van der Waals surface area contributed by atoms with Gasteiger partial charge in [0.25, 0.3) is 5.89 Å². The summed E-state index contributed by atoms with van der Waals surface area (Å²) in [4.78, 5) is 18.8. The first-order chi connectivity index (χ1) is 13.1. The van der Waals surface area contributed by atoms with E-state index in [1.54, 1.807) is 6.92 Å². The molecule has 0 radical (unpaired) electrons. The maximum absolute atomic E-state index is 12.2. The Kier molecular flexibility index (Phi) is 4.68. The van der Waals surface area contributed by atoms with Crippen molar-refractivity contribution in [3.8, 4) is 11.5 Å². The number of likely N-dealkylation sites (tertiary alicyclic amines) is 1. The predicted molar refractivity (Wildman–Crippen MR) is 103 cm³/mol. The van der Waals surface area contributed by atoms with Crippen molar-refractivity contribution in [1.29, 1.82) is 5.41 Å². The van der Waals surface area contributed by atoms with E-state index in [1.807, 2.05) is 30.1 Å². The molecule has 27 heavy (non-hydrogen) atoms. The Balaban J connectivity index is 1.46. The quantitative estimate of drug-likeness (QED) is 0.791. The fourth-order valence-electron chi connectivity index (χ4n) is 3.68. The first kappa shape index (κ1) is 17.7. The minimum Gasteiger partial charge on any atom is -0.388 e. The van der Waals surface area contributed by atoms with Gasteiger partial charge in [-0.05, 0) is 44.7 Å². The number of piperidine rings is 1. The monoisotopic (exact) mass is 367 g/mol. The van der Waals surface area contributed by atoms with Gasteiger partial charge in [0, 0.05) is 54.5 Å². The molecule has 1 amide bonds. The molecule has 4 rings (SSSR count). The van der Waals surface area contributed by atoms with Crippen LogP contribution >= 0.6 is 0 Å². The third-order valence-electron chi connectivity index (χ3n) is 5.48. The number of aromatic nitrogens is 2. The second-order valence-corrected chi connectivity index (χ2v) is 7.47. The molecule has 7 nitrogen and oxygen atoms in total. The summed E-state index contributed by atoms with van der Waals surface area (Å²) >= 11 is 0. The van der Waals surface area contributed by atoms with Gasteiger partial charge in [0.2, 0.25) is 5.91 Å². The smallest absolute Gasteiger partial charge is 0.258 e. The topological polar surface area (TPSA) is 95.1 Å². The van der Waals surface area contributed by atoms with E-state index < -0.39 is 0 Å². The van der Waals surface area contributed by atoms with Crippen LogP contribution in [0.5, 0.6) is 0 Å². The maximum Gasteiger partial charge on any atom is 0.258 e. The van der Waals surface area contributed by atoms with E-state index in [1.165, 1.54) is 0 Å². The third-order valence-corrected chi connectivity index (χ3v) is 5.48. The minimum absolute atomic E-state index is 0.234. The molecule has 0 bridgehead atoms. The number of carbonyl (C=O) groups is 1. The summed E-state index contributed by atoms with van der Waals surface area (Å²) in [6.45, 7) is 3.32. The van der Waals surface area contributed by atoms with Gasteiger partial charge in [0.15, 0.2) is 5.82 Å². The van der Waals surface area contributed by atoms with Crippen molar-refractivity contribution in [1.82, 2.24) is 15.0 Å². The van der Waals surface area contributed by atoms with Crippen molar-refractivity contribution in [2.75, 3.05) is 25.5 Å². The van der Waals surface area contributed by atoms with Crippen LogP contribution in [0.1, 0.15) is 49.9 Å². The molecule has 0 atom stereocenters. The average molecular weight is 367 g/mol. The highest BCUT2D eigenvalue weighted by Gasteiger charge is 2.35. The summed E-state index contributed by atoms with van der Waals surface area (Å²) in [6, 6.07) is 5.74. The Bertz CT molecular complexity index is 863. The van der Waals surface area contributed by atoms with E-state index in [2.05, 4.69) is 15.5 Å². The van der Waals surface area contributed by atoms with E-state index in [4.69, 9.17) is 9.93 Å². The lowest BCUT2D eigenvalue weighted by atomic mass is 9.96. The molecule has 1 aliphatic heterocycles. The van der Waals surface area contributed by atoms with Crippen LogP contribution in [0.15, 0.2) is 22.7 Å². The molecule has 1 aromatic heterocycles. The molecule has 2 aliphatic rings. The minimum atomic E-state index is 0.234. The molecule has 2 aromatic rings. The highest BCUT2D eigenvalue weighted by atomic mass is 16.5. The molecular formula is C20H25N5O2. The molecule has 2 fully saturated rings. The standard InChI is InChI=1S/C20H25N5O2/c1-12(21)16-6-5-15(11-17(16)22-2)19-23-18(24-27-19)13-7-9-25(10-8-13)20(26)14-3-4-14/h5-6,11,13-14,21-22H,3-4,7-10H2,1-2H3. The molecule has 1 saturated carbocycles. The molecule has 0 unspecified atom stereocenters. The highest BCUT2D eigenvalue weighted by molar-refractivity contribution is 6.02. The maximum atomic E-state index is 12.2. The summed E-state index contributed by atoms with van der Waals surface area (Å²) in [6.07, 6.45) is 3.87.